The minimum Gasteiger partial charge on any atom is -0.268 e. The van der Waals surface area contributed by atoms with Crippen LogP contribution in [-0.4, -0.2) is 11.5 Å². The number of hydroxylamine groups is 1. The van der Waals surface area contributed by atoms with Gasteiger partial charge in [-0.25, -0.2) is 9.87 Å². The van der Waals surface area contributed by atoms with Crippen molar-refractivity contribution < 1.29 is 14.0 Å². The summed E-state index contributed by atoms with van der Waals surface area (Å²) in [6.07, 6.45) is 0. The molecular formula is C11H13ClFNO2. The van der Waals surface area contributed by atoms with Gasteiger partial charge in [0.1, 0.15) is 5.82 Å². The number of amides is 1. The largest absolute Gasteiger partial charge is 0.274 e. The third-order valence-electron chi connectivity index (χ3n) is 1.63. The zero-order valence-electron chi connectivity index (χ0n) is 9.30. The maximum absolute atomic E-state index is 12.8. The number of benzene rings is 1. The van der Waals surface area contributed by atoms with E-state index >= 15 is 0 Å². The first kappa shape index (κ1) is 12.9. The third kappa shape index (κ3) is 3.79. The average Bonchev–Trinajstić information content (AvgIpc) is 2.17. The molecule has 0 heterocycles. The maximum atomic E-state index is 12.8. The van der Waals surface area contributed by atoms with Crippen LogP contribution in [0.5, 0.6) is 0 Å². The number of carbonyl (C=O) groups is 1. The van der Waals surface area contributed by atoms with Crippen molar-refractivity contribution in [2.75, 3.05) is 0 Å². The van der Waals surface area contributed by atoms with Crippen LogP contribution in [0.1, 0.15) is 31.1 Å². The molecule has 0 aliphatic rings. The Labute approximate surface area is 98.5 Å². The lowest BCUT2D eigenvalue weighted by Crippen LogP contribution is -2.33. The lowest BCUT2D eigenvalue weighted by atomic mass is 10.2. The van der Waals surface area contributed by atoms with Gasteiger partial charge in [0, 0.05) is 5.56 Å². The van der Waals surface area contributed by atoms with E-state index in [1.165, 1.54) is 12.1 Å². The van der Waals surface area contributed by atoms with Crippen molar-refractivity contribution in [3.63, 3.8) is 0 Å². The summed E-state index contributed by atoms with van der Waals surface area (Å²) in [5.41, 5.74) is 2.02. The quantitative estimate of drug-likeness (QED) is 0.814. The molecule has 0 atom stereocenters. The normalized spacial score (nSPS) is 11.3. The molecule has 0 radical (unpaired) electrons. The van der Waals surface area contributed by atoms with E-state index < -0.39 is 17.3 Å². The molecule has 5 heteroatoms. The summed E-state index contributed by atoms with van der Waals surface area (Å²) in [5.74, 6) is -1.02. The second-order valence-corrected chi connectivity index (χ2v) is 4.68. The molecule has 0 aliphatic carbocycles. The van der Waals surface area contributed by atoms with Crippen molar-refractivity contribution in [1.29, 1.82) is 0 Å². The van der Waals surface area contributed by atoms with Crippen LogP contribution in [0.4, 0.5) is 4.39 Å². The van der Waals surface area contributed by atoms with E-state index in [9.17, 15) is 9.18 Å². The highest BCUT2D eigenvalue weighted by Crippen LogP contribution is 2.16. The van der Waals surface area contributed by atoms with Gasteiger partial charge in [0.15, 0.2) is 0 Å². The van der Waals surface area contributed by atoms with Crippen LogP contribution in [0.15, 0.2) is 18.2 Å². The van der Waals surface area contributed by atoms with Gasteiger partial charge in [0.25, 0.3) is 5.91 Å². The maximum Gasteiger partial charge on any atom is 0.274 e. The Balaban J connectivity index is 2.70. The molecule has 0 spiro atoms. The molecule has 0 unspecified atom stereocenters. The molecule has 0 bridgehead atoms. The predicted molar refractivity (Wildman–Crippen MR) is 59.7 cm³/mol. The standard InChI is InChI=1S/C11H13ClFNO2/c1-11(2,3)16-14-10(15)7-4-5-9(13)8(12)6-7/h4-6H,1-3H3,(H,14,15). The lowest BCUT2D eigenvalue weighted by Gasteiger charge is -2.18. The van der Waals surface area contributed by atoms with Gasteiger partial charge in [0.05, 0.1) is 10.6 Å². The molecule has 1 rings (SSSR count). The zero-order chi connectivity index (χ0) is 12.3. The van der Waals surface area contributed by atoms with Crippen LogP contribution >= 0.6 is 11.6 Å². The van der Waals surface area contributed by atoms with Gasteiger partial charge in [-0.3, -0.25) is 9.63 Å². The van der Waals surface area contributed by atoms with Crippen LogP contribution in [0.3, 0.4) is 0 Å². The molecule has 0 saturated carbocycles. The summed E-state index contributed by atoms with van der Waals surface area (Å²) in [4.78, 5) is 16.6. The van der Waals surface area contributed by atoms with Crippen molar-refractivity contribution in [3.05, 3.63) is 34.6 Å². The summed E-state index contributed by atoms with van der Waals surface area (Å²) < 4.78 is 12.8. The molecule has 1 amide bonds. The number of rotatable bonds is 2. The van der Waals surface area contributed by atoms with Crippen LogP contribution in [0.25, 0.3) is 0 Å². The van der Waals surface area contributed by atoms with Crippen LogP contribution < -0.4 is 5.48 Å². The average molecular weight is 246 g/mol. The van der Waals surface area contributed by atoms with Gasteiger partial charge in [0.2, 0.25) is 0 Å². The van der Waals surface area contributed by atoms with Crippen molar-refractivity contribution in [3.8, 4) is 0 Å². The van der Waals surface area contributed by atoms with E-state index in [0.717, 1.165) is 6.07 Å². The number of hydrogen-bond donors (Lipinski definition) is 1. The van der Waals surface area contributed by atoms with Crippen molar-refractivity contribution in [2.45, 2.75) is 26.4 Å². The van der Waals surface area contributed by atoms with E-state index in [1.807, 2.05) is 0 Å². The Morgan fingerprint density at radius 2 is 2.06 bits per heavy atom. The number of nitrogens with one attached hydrogen (secondary N) is 1. The first-order valence-electron chi connectivity index (χ1n) is 4.73. The topological polar surface area (TPSA) is 38.3 Å². The summed E-state index contributed by atoms with van der Waals surface area (Å²) in [6.45, 7) is 5.39. The minimum atomic E-state index is -0.560. The first-order valence-corrected chi connectivity index (χ1v) is 5.11. The SMILES string of the molecule is CC(C)(C)ONC(=O)c1ccc(F)c(Cl)c1. The summed E-state index contributed by atoms with van der Waals surface area (Å²) in [7, 11) is 0. The zero-order valence-corrected chi connectivity index (χ0v) is 10.1. The fourth-order valence-corrected chi connectivity index (χ4v) is 1.08. The molecule has 1 aromatic rings. The lowest BCUT2D eigenvalue weighted by molar-refractivity contribution is -0.0589. The molecule has 0 saturated heterocycles. The third-order valence-corrected chi connectivity index (χ3v) is 1.92. The fourth-order valence-electron chi connectivity index (χ4n) is 0.896. The van der Waals surface area contributed by atoms with E-state index in [1.54, 1.807) is 20.8 Å². The van der Waals surface area contributed by atoms with Crippen molar-refractivity contribution >= 4 is 17.5 Å². The second kappa shape index (κ2) is 4.80. The van der Waals surface area contributed by atoms with E-state index in [-0.39, 0.29) is 10.6 Å². The summed E-state index contributed by atoms with van der Waals surface area (Å²) in [5, 5.41) is -0.0941. The Hall–Kier alpha value is -1.13. The van der Waals surface area contributed by atoms with Gasteiger partial charge in [-0.1, -0.05) is 11.6 Å². The number of carbonyl (C=O) groups excluding carboxylic acids is 1. The van der Waals surface area contributed by atoms with Crippen LogP contribution in [-0.2, 0) is 4.84 Å². The van der Waals surface area contributed by atoms with Gasteiger partial charge < -0.3 is 0 Å². The monoisotopic (exact) mass is 245 g/mol. The van der Waals surface area contributed by atoms with E-state index in [4.69, 9.17) is 16.4 Å². The molecular weight excluding hydrogens is 233 g/mol. The number of halogens is 2. The van der Waals surface area contributed by atoms with Crippen molar-refractivity contribution in [2.24, 2.45) is 0 Å². The van der Waals surface area contributed by atoms with Crippen molar-refractivity contribution in [1.82, 2.24) is 5.48 Å². The van der Waals surface area contributed by atoms with Crippen LogP contribution in [0, 0.1) is 5.82 Å². The van der Waals surface area contributed by atoms with Gasteiger partial charge in [-0.05, 0) is 39.0 Å². The van der Waals surface area contributed by atoms with E-state index in [0.29, 0.717) is 0 Å². The highest BCUT2D eigenvalue weighted by atomic mass is 35.5. The van der Waals surface area contributed by atoms with Crippen LogP contribution in [0.2, 0.25) is 5.02 Å². The van der Waals surface area contributed by atoms with E-state index in [2.05, 4.69) is 5.48 Å². The Bertz CT molecular complexity index is 401. The van der Waals surface area contributed by atoms with Gasteiger partial charge in [-0.2, -0.15) is 0 Å². The molecule has 3 nitrogen and oxygen atoms in total. The second-order valence-electron chi connectivity index (χ2n) is 4.27. The molecule has 1 aromatic carbocycles. The Morgan fingerprint density at radius 1 is 1.44 bits per heavy atom. The molecule has 88 valence electrons. The molecule has 0 aliphatic heterocycles. The first-order chi connectivity index (χ1) is 7.29. The Kier molecular flexibility index (Phi) is 3.88. The molecule has 0 aromatic heterocycles. The predicted octanol–water partition coefficient (Wildman–Crippen LogP) is 2.94. The summed E-state index contributed by atoms with van der Waals surface area (Å²) >= 11 is 5.55. The highest BCUT2D eigenvalue weighted by Gasteiger charge is 2.14. The molecule has 0 fully saturated rings. The number of hydrogen-bond acceptors (Lipinski definition) is 2. The van der Waals surface area contributed by atoms with Gasteiger partial charge >= 0.3 is 0 Å². The molecule has 16 heavy (non-hydrogen) atoms. The minimum absolute atomic E-state index is 0.0941. The Morgan fingerprint density at radius 3 is 2.56 bits per heavy atom. The fraction of sp³-hybridized carbons (Fsp3) is 0.364. The highest BCUT2D eigenvalue weighted by molar-refractivity contribution is 6.31. The molecule has 1 N–H and O–H groups in total. The smallest absolute Gasteiger partial charge is 0.268 e. The summed E-state index contributed by atoms with van der Waals surface area (Å²) in [6, 6.07) is 3.72. The van der Waals surface area contributed by atoms with Gasteiger partial charge in [-0.15, -0.1) is 0 Å².